The summed E-state index contributed by atoms with van der Waals surface area (Å²) in [5, 5.41) is 6.91. The van der Waals surface area contributed by atoms with Crippen LogP contribution in [-0.2, 0) is 6.18 Å². The fraction of sp³-hybridized carbons (Fsp3) is 0.273. The van der Waals surface area contributed by atoms with E-state index in [9.17, 15) is 22.8 Å². The summed E-state index contributed by atoms with van der Waals surface area (Å²) < 4.78 is 40.8. The number of benzene rings is 1. The lowest BCUT2D eigenvalue weighted by molar-refractivity contribution is -0.138. The van der Waals surface area contributed by atoms with E-state index in [4.69, 9.17) is 0 Å². The minimum Gasteiger partial charge on any atom is -0.320 e. The maximum absolute atomic E-state index is 13.3. The van der Waals surface area contributed by atoms with E-state index in [2.05, 4.69) is 15.4 Å². The Morgan fingerprint density at radius 2 is 1.91 bits per heavy atom. The number of fused-ring (bicyclic) bond motifs is 1. The zero-order valence-corrected chi connectivity index (χ0v) is 17.6. The standard InChI is InChI=1S/C22H20F3N5O2/c1-12-6-15(9-26-8-12)28-20(31)17-10-27-30-14(3)11-29(21(32)19(17)30)16-4-5-18(13(2)7-16)22(23,24)25/h4-10,14H,11H2,1-3H3,(H,28,31)/t14-/m0/s1. The second-order valence-electron chi connectivity index (χ2n) is 7.82. The minimum atomic E-state index is -4.48. The van der Waals surface area contributed by atoms with E-state index in [1.54, 1.807) is 12.3 Å². The number of nitrogens with zero attached hydrogens (tertiary/aromatic N) is 4. The van der Waals surface area contributed by atoms with Gasteiger partial charge in [0.15, 0.2) is 0 Å². The highest BCUT2D eigenvalue weighted by atomic mass is 19.4. The molecule has 0 unspecified atom stereocenters. The monoisotopic (exact) mass is 443 g/mol. The normalized spacial score (nSPS) is 16.1. The van der Waals surface area contributed by atoms with Gasteiger partial charge in [-0.1, -0.05) is 0 Å². The van der Waals surface area contributed by atoms with Crippen LogP contribution in [0.4, 0.5) is 24.5 Å². The molecular weight excluding hydrogens is 423 g/mol. The molecule has 2 aromatic heterocycles. The molecule has 0 bridgehead atoms. The van der Waals surface area contributed by atoms with Gasteiger partial charge in [0.2, 0.25) is 0 Å². The van der Waals surface area contributed by atoms with E-state index in [0.29, 0.717) is 11.4 Å². The van der Waals surface area contributed by atoms with Crippen LogP contribution in [0.1, 0.15) is 50.5 Å². The summed E-state index contributed by atoms with van der Waals surface area (Å²) in [4.78, 5) is 31.6. The molecule has 1 atom stereocenters. The summed E-state index contributed by atoms with van der Waals surface area (Å²) in [7, 11) is 0. The van der Waals surface area contributed by atoms with Crippen molar-refractivity contribution >= 4 is 23.2 Å². The van der Waals surface area contributed by atoms with Crippen molar-refractivity contribution in [3.8, 4) is 0 Å². The summed E-state index contributed by atoms with van der Waals surface area (Å²) >= 11 is 0. The SMILES string of the molecule is Cc1cncc(NC(=O)c2cnn3c2C(=O)N(c2ccc(C(F)(F)F)c(C)c2)C[C@@H]3C)c1. The molecule has 1 aliphatic heterocycles. The number of carbonyl (C=O) groups excluding carboxylic acids is 2. The van der Waals surface area contributed by atoms with Crippen molar-refractivity contribution in [1.29, 1.82) is 0 Å². The molecule has 0 aliphatic carbocycles. The van der Waals surface area contributed by atoms with E-state index in [0.717, 1.165) is 11.6 Å². The average Bonchev–Trinajstić information content (AvgIpc) is 3.16. The van der Waals surface area contributed by atoms with Gasteiger partial charge in [0.25, 0.3) is 11.8 Å². The summed E-state index contributed by atoms with van der Waals surface area (Å²) in [5.41, 5.74) is 1.08. The van der Waals surface area contributed by atoms with Gasteiger partial charge in [-0.05, 0) is 56.2 Å². The van der Waals surface area contributed by atoms with Crippen LogP contribution in [0.5, 0.6) is 0 Å². The van der Waals surface area contributed by atoms with E-state index < -0.39 is 23.6 Å². The third-order valence-corrected chi connectivity index (χ3v) is 5.31. The van der Waals surface area contributed by atoms with Gasteiger partial charge < -0.3 is 10.2 Å². The number of aryl methyl sites for hydroxylation is 2. The van der Waals surface area contributed by atoms with Crippen LogP contribution < -0.4 is 10.2 Å². The predicted molar refractivity (Wildman–Crippen MR) is 112 cm³/mol. The van der Waals surface area contributed by atoms with Crippen LogP contribution >= 0.6 is 0 Å². The first-order valence-electron chi connectivity index (χ1n) is 9.86. The van der Waals surface area contributed by atoms with Crippen LogP contribution in [0.2, 0.25) is 0 Å². The van der Waals surface area contributed by atoms with Crippen molar-refractivity contribution in [1.82, 2.24) is 14.8 Å². The fourth-order valence-electron chi connectivity index (χ4n) is 3.81. The molecule has 166 valence electrons. The molecule has 0 saturated carbocycles. The van der Waals surface area contributed by atoms with Crippen LogP contribution in [-0.4, -0.2) is 33.1 Å². The molecule has 10 heteroatoms. The Bertz CT molecular complexity index is 1220. The number of anilines is 2. The van der Waals surface area contributed by atoms with E-state index >= 15 is 0 Å². The number of pyridine rings is 1. The zero-order chi connectivity index (χ0) is 23.2. The first-order chi connectivity index (χ1) is 15.1. The molecule has 2 amide bonds. The van der Waals surface area contributed by atoms with Crippen molar-refractivity contribution in [2.45, 2.75) is 33.0 Å². The molecule has 1 N–H and O–H groups in total. The maximum Gasteiger partial charge on any atom is 0.416 e. The Balaban J connectivity index is 1.67. The summed E-state index contributed by atoms with van der Waals surface area (Å²) in [6, 6.07) is 5.02. The highest BCUT2D eigenvalue weighted by Crippen LogP contribution is 2.35. The highest BCUT2D eigenvalue weighted by Gasteiger charge is 2.37. The van der Waals surface area contributed by atoms with Gasteiger partial charge in [0.1, 0.15) is 5.69 Å². The van der Waals surface area contributed by atoms with E-state index in [1.165, 1.54) is 41.0 Å². The average molecular weight is 443 g/mol. The largest absolute Gasteiger partial charge is 0.416 e. The van der Waals surface area contributed by atoms with Gasteiger partial charge in [-0.15, -0.1) is 0 Å². The number of halogens is 3. The first kappa shape index (κ1) is 21.5. The lowest BCUT2D eigenvalue weighted by atomic mass is 10.0. The van der Waals surface area contributed by atoms with Gasteiger partial charge in [0, 0.05) is 18.4 Å². The Hall–Kier alpha value is -3.69. The molecule has 0 saturated heterocycles. The number of carbonyl (C=O) groups is 2. The molecule has 0 fully saturated rings. The van der Waals surface area contributed by atoms with Crippen molar-refractivity contribution in [3.05, 3.63) is 70.8 Å². The van der Waals surface area contributed by atoms with Crippen LogP contribution in [0.25, 0.3) is 0 Å². The molecule has 4 rings (SSSR count). The topological polar surface area (TPSA) is 80.1 Å². The number of hydrogen-bond donors (Lipinski definition) is 1. The Kier molecular flexibility index (Phi) is 5.23. The fourth-order valence-corrected chi connectivity index (χ4v) is 3.81. The molecule has 0 radical (unpaired) electrons. The number of hydrogen-bond acceptors (Lipinski definition) is 4. The number of nitrogens with one attached hydrogen (secondary N) is 1. The number of alkyl halides is 3. The van der Waals surface area contributed by atoms with E-state index in [-0.39, 0.29) is 29.4 Å². The maximum atomic E-state index is 13.3. The lowest BCUT2D eigenvalue weighted by Crippen LogP contribution is -2.43. The van der Waals surface area contributed by atoms with Gasteiger partial charge in [-0.2, -0.15) is 18.3 Å². The van der Waals surface area contributed by atoms with Crippen molar-refractivity contribution in [2.75, 3.05) is 16.8 Å². The molecule has 32 heavy (non-hydrogen) atoms. The van der Waals surface area contributed by atoms with E-state index in [1.807, 2.05) is 13.8 Å². The molecule has 0 spiro atoms. The predicted octanol–water partition coefficient (Wildman–Crippen LogP) is 4.39. The van der Waals surface area contributed by atoms with Gasteiger partial charge in [0.05, 0.1) is 35.2 Å². The highest BCUT2D eigenvalue weighted by molar-refractivity contribution is 6.15. The summed E-state index contributed by atoms with van der Waals surface area (Å²) in [5.74, 6) is -1.03. The molecule has 1 aliphatic rings. The van der Waals surface area contributed by atoms with Crippen molar-refractivity contribution < 1.29 is 22.8 Å². The van der Waals surface area contributed by atoms with Crippen LogP contribution in [0, 0.1) is 13.8 Å². The smallest absolute Gasteiger partial charge is 0.320 e. The Morgan fingerprint density at radius 1 is 1.16 bits per heavy atom. The molecule has 3 heterocycles. The molecule has 1 aromatic carbocycles. The number of rotatable bonds is 3. The third kappa shape index (κ3) is 3.83. The summed E-state index contributed by atoms with van der Waals surface area (Å²) in [6.45, 7) is 5.21. The molecule has 3 aromatic rings. The first-order valence-corrected chi connectivity index (χ1v) is 9.86. The molecular formula is C22H20F3N5O2. The quantitative estimate of drug-likeness (QED) is 0.651. The van der Waals surface area contributed by atoms with Gasteiger partial charge in [-0.25, -0.2) is 0 Å². The van der Waals surface area contributed by atoms with Crippen molar-refractivity contribution in [3.63, 3.8) is 0 Å². The second kappa shape index (κ2) is 7.77. The zero-order valence-electron chi connectivity index (χ0n) is 17.6. The minimum absolute atomic E-state index is 0.0134. The molecule has 7 nitrogen and oxygen atoms in total. The Labute approximate surface area is 181 Å². The Morgan fingerprint density at radius 3 is 2.56 bits per heavy atom. The van der Waals surface area contributed by atoms with Crippen LogP contribution in [0.3, 0.4) is 0 Å². The van der Waals surface area contributed by atoms with Crippen LogP contribution in [0.15, 0.2) is 42.9 Å². The number of aromatic nitrogens is 3. The van der Waals surface area contributed by atoms with Crippen molar-refractivity contribution in [2.24, 2.45) is 0 Å². The lowest BCUT2D eigenvalue weighted by Gasteiger charge is -2.32. The second-order valence-corrected chi connectivity index (χ2v) is 7.82. The van der Waals surface area contributed by atoms with Gasteiger partial charge >= 0.3 is 6.18 Å². The third-order valence-electron chi connectivity index (χ3n) is 5.31. The number of amides is 2. The van der Waals surface area contributed by atoms with Gasteiger partial charge in [-0.3, -0.25) is 19.3 Å². The summed E-state index contributed by atoms with van der Waals surface area (Å²) in [6.07, 6.45) is -0.0186.